The summed E-state index contributed by atoms with van der Waals surface area (Å²) in [6, 6.07) is 8.90. The van der Waals surface area contributed by atoms with Crippen LogP contribution in [0.2, 0.25) is 0 Å². The van der Waals surface area contributed by atoms with E-state index in [1.807, 2.05) is 29.6 Å². The maximum Gasteiger partial charge on any atom is 0.314 e. The topological polar surface area (TPSA) is 104 Å². The lowest BCUT2D eigenvalue weighted by Gasteiger charge is -2.05. The predicted octanol–water partition coefficient (Wildman–Crippen LogP) is 2.44. The Morgan fingerprint density at radius 1 is 1.28 bits per heavy atom. The Kier molecular flexibility index (Phi) is 5.27. The highest BCUT2D eigenvalue weighted by Crippen LogP contribution is 2.30. The highest BCUT2D eigenvalue weighted by Gasteiger charge is 2.17. The number of aryl methyl sites for hydroxylation is 1. The number of hydrogen-bond donors (Lipinski definition) is 3. The third kappa shape index (κ3) is 4.32. The molecule has 0 aromatic carbocycles. The molecule has 0 fully saturated rings. The first-order chi connectivity index (χ1) is 12.0. The second-order valence-electron chi connectivity index (χ2n) is 5.18. The van der Waals surface area contributed by atoms with E-state index in [0.29, 0.717) is 5.76 Å². The SMILES string of the molecule is Cc1cc(NC(=O)C(=O)NCc2ccc([C@@H](O)c3cccs3)s2)no1. The quantitative estimate of drug-likeness (QED) is 0.593. The fourth-order valence-electron chi connectivity index (χ4n) is 2.07. The molecule has 3 aromatic heterocycles. The van der Waals surface area contributed by atoms with Gasteiger partial charge in [-0.3, -0.25) is 14.9 Å². The molecule has 0 aliphatic carbocycles. The number of anilines is 1. The van der Waals surface area contributed by atoms with Crippen molar-refractivity contribution in [1.82, 2.24) is 10.5 Å². The number of aromatic nitrogens is 1. The average molecular weight is 377 g/mol. The van der Waals surface area contributed by atoms with E-state index in [9.17, 15) is 14.7 Å². The number of carbonyl (C=O) groups excluding carboxylic acids is 2. The minimum absolute atomic E-state index is 0.190. The molecule has 0 aliphatic rings. The van der Waals surface area contributed by atoms with Crippen LogP contribution in [0, 0.1) is 6.92 Å². The Labute approximate surface area is 151 Å². The van der Waals surface area contributed by atoms with Crippen molar-refractivity contribution in [2.45, 2.75) is 19.6 Å². The first kappa shape index (κ1) is 17.3. The van der Waals surface area contributed by atoms with Gasteiger partial charge in [-0.1, -0.05) is 11.2 Å². The molecule has 1 atom stereocenters. The van der Waals surface area contributed by atoms with Crippen LogP contribution >= 0.6 is 22.7 Å². The van der Waals surface area contributed by atoms with Gasteiger partial charge in [-0.15, -0.1) is 22.7 Å². The molecule has 0 unspecified atom stereocenters. The van der Waals surface area contributed by atoms with E-state index in [0.717, 1.165) is 14.6 Å². The lowest BCUT2D eigenvalue weighted by molar-refractivity contribution is -0.136. The number of nitrogens with zero attached hydrogens (tertiary/aromatic N) is 1. The number of aliphatic hydroxyl groups excluding tert-OH is 1. The summed E-state index contributed by atoms with van der Waals surface area (Å²) in [5, 5.41) is 20.7. The van der Waals surface area contributed by atoms with Crippen molar-refractivity contribution >= 4 is 40.3 Å². The maximum atomic E-state index is 11.8. The van der Waals surface area contributed by atoms with Crippen LogP contribution in [0.5, 0.6) is 0 Å². The van der Waals surface area contributed by atoms with Crippen molar-refractivity contribution in [3.05, 3.63) is 56.1 Å². The molecule has 0 saturated carbocycles. The van der Waals surface area contributed by atoms with E-state index in [1.165, 1.54) is 28.7 Å². The van der Waals surface area contributed by atoms with Crippen LogP contribution in [0.15, 0.2) is 40.2 Å². The number of thiophene rings is 2. The second kappa shape index (κ2) is 7.60. The molecule has 25 heavy (non-hydrogen) atoms. The zero-order valence-electron chi connectivity index (χ0n) is 13.2. The minimum Gasteiger partial charge on any atom is -0.382 e. The van der Waals surface area contributed by atoms with E-state index < -0.39 is 17.9 Å². The second-order valence-corrected chi connectivity index (χ2v) is 7.36. The number of nitrogens with one attached hydrogen (secondary N) is 2. The Morgan fingerprint density at radius 3 is 2.80 bits per heavy atom. The predicted molar refractivity (Wildman–Crippen MR) is 94.4 cm³/mol. The molecule has 0 spiro atoms. The Balaban J connectivity index is 1.53. The van der Waals surface area contributed by atoms with E-state index in [4.69, 9.17) is 4.52 Å². The Bertz CT molecular complexity index is 870. The fourth-order valence-corrected chi connectivity index (χ4v) is 3.83. The van der Waals surface area contributed by atoms with Gasteiger partial charge in [0.15, 0.2) is 5.82 Å². The molecule has 3 aromatic rings. The average Bonchev–Trinajstić information content (AvgIpc) is 3.34. The van der Waals surface area contributed by atoms with Crippen molar-refractivity contribution in [2.24, 2.45) is 0 Å². The first-order valence-corrected chi connectivity index (χ1v) is 9.05. The van der Waals surface area contributed by atoms with Crippen LogP contribution < -0.4 is 10.6 Å². The van der Waals surface area contributed by atoms with Crippen molar-refractivity contribution < 1.29 is 19.2 Å². The molecule has 0 aliphatic heterocycles. The van der Waals surface area contributed by atoms with Gasteiger partial charge < -0.3 is 14.9 Å². The molecule has 130 valence electrons. The van der Waals surface area contributed by atoms with Gasteiger partial charge in [-0.05, 0) is 30.5 Å². The van der Waals surface area contributed by atoms with Gasteiger partial charge in [0.1, 0.15) is 11.9 Å². The van der Waals surface area contributed by atoms with Crippen LogP contribution in [0.25, 0.3) is 0 Å². The van der Waals surface area contributed by atoms with Gasteiger partial charge in [0.05, 0.1) is 6.54 Å². The van der Waals surface area contributed by atoms with Gasteiger partial charge in [0.2, 0.25) is 0 Å². The molecule has 9 heteroatoms. The summed E-state index contributed by atoms with van der Waals surface area (Å²) in [6.45, 7) is 1.88. The van der Waals surface area contributed by atoms with Crippen LogP contribution in [0.1, 0.15) is 26.5 Å². The van der Waals surface area contributed by atoms with Gasteiger partial charge >= 0.3 is 11.8 Å². The molecule has 3 rings (SSSR count). The summed E-state index contributed by atoms with van der Waals surface area (Å²) in [5.41, 5.74) is 0. The smallest absolute Gasteiger partial charge is 0.314 e. The zero-order chi connectivity index (χ0) is 17.8. The van der Waals surface area contributed by atoms with Crippen LogP contribution in [-0.2, 0) is 16.1 Å². The molecular formula is C16H15N3O4S2. The lowest BCUT2D eigenvalue weighted by atomic mass is 10.2. The summed E-state index contributed by atoms with van der Waals surface area (Å²) in [4.78, 5) is 26.1. The highest BCUT2D eigenvalue weighted by atomic mass is 32.1. The van der Waals surface area contributed by atoms with Crippen LogP contribution in [0.4, 0.5) is 5.82 Å². The number of rotatable bonds is 5. The molecule has 0 saturated heterocycles. The largest absolute Gasteiger partial charge is 0.382 e. The molecule has 3 N–H and O–H groups in total. The van der Waals surface area contributed by atoms with E-state index >= 15 is 0 Å². The van der Waals surface area contributed by atoms with Gasteiger partial charge in [0.25, 0.3) is 0 Å². The van der Waals surface area contributed by atoms with E-state index in [-0.39, 0.29) is 12.4 Å². The maximum absolute atomic E-state index is 11.8. The molecule has 7 nitrogen and oxygen atoms in total. The number of hydrogen-bond acceptors (Lipinski definition) is 7. The van der Waals surface area contributed by atoms with Gasteiger partial charge in [-0.2, -0.15) is 0 Å². The number of aliphatic hydroxyl groups is 1. The molecular weight excluding hydrogens is 362 g/mol. The van der Waals surface area contributed by atoms with Gasteiger partial charge in [-0.25, -0.2) is 0 Å². The minimum atomic E-state index is -0.816. The van der Waals surface area contributed by atoms with Crippen LogP contribution in [-0.4, -0.2) is 22.1 Å². The third-order valence-electron chi connectivity index (χ3n) is 3.26. The van der Waals surface area contributed by atoms with Crippen LogP contribution in [0.3, 0.4) is 0 Å². The molecule has 3 heterocycles. The summed E-state index contributed by atoms with van der Waals surface area (Å²) < 4.78 is 4.81. The van der Waals surface area contributed by atoms with Crippen molar-refractivity contribution in [2.75, 3.05) is 5.32 Å². The zero-order valence-corrected chi connectivity index (χ0v) is 14.8. The monoisotopic (exact) mass is 377 g/mol. The lowest BCUT2D eigenvalue weighted by Crippen LogP contribution is -2.34. The highest BCUT2D eigenvalue weighted by molar-refractivity contribution is 7.12. The van der Waals surface area contributed by atoms with E-state index in [2.05, 4.69) is 15.8 Å². The summed E-state index contributed by atoms with van der Waals surface area (Å²) >= 11 is 2.86. The fraction of sp³-hybridized carbons (Fsp3) is 0.188. The molecule has 2 amide bonds. The summed E-state index contributed by atoms with van der Waals surface area (Å²) in [6.07, 6.45) is -0.673. The van der Waals surface area contributed by atoms with Crippen molar-refractivity contribution in [3.8, 4) is 0 Å². The number of amides is 2. The number of carbonyl (C=O) groups is 2. The summed E-state index contributed by atoms with van der Waals surface area (Å²) in [7, 11) is 0. The van der Waals surface area contributed by atoms with Gasteiger partial charge in [0, 0.05) is 20.7 Å². The van der Waals surface area contributed by atoms with E-state index in [1.54, 1.807) is 6.92 Å². The normalized spacial score (nSPS) is 11.9. The Morgan fingerprint density at radius 2 is 2.12 bits per heavy atom. The molecule has 0 bridgehead atoms. The Hall–Kier alpha value is -2.49. The first-order valence-electron chi connectivity index (χ1n) is 7.35. The summed E-state index contributed by atoms with van der Waals surface area (Å²) in [5.74, 6) is -0.862. The van der Waals surface area contributed by atoms with Crippen molar-refractivity contribution in [3.63, 3.8) is 0 Å². The van der Waals surface area contributed by atoms with Crippen molar-refractivity contribution in [1.29, 1.82) is 0 Å². The standard InChI is InChI=1S/C16H15N3O4S2/c1-9-7-13(19-23-9)18-16(22)15(21)17-8-10-4-5-12(25-10)14(20)11-3-2-6-24-11/h2-7,14,20H,8H2,1H3,(H,17,21)(H,18,19,22)/t14-/m0/s1. The molecule has 0 radical (unpaired) electrons. The third-order valence-corrected chi connectivity index (χ3v) is 5.33.